The number of rotatable bonds is 5. The quantitative estimate of drug-likeness (QED) is 0.870. The Bertz CT molecular complexity index is 494. The molecule has 3 rings (SSSR count). The molecule has 0 atom stereocenters. The molecule has 2 aliphatic rings. The van der Waals surface area contributed by atoms with Gasteiger partial charge in [0.05, 0.1) is 0 Å². The standard InChI is InChI=1S/C14H22N4OS/c1-2-15-12-9-13(18-14(17-12)10-3-4-10)16-11-5-7-20(19)8-6-11/h9-11H,2-8H2,1H3,(H2,15,16,17,18). The second-order valence-electron chi connectivity index (χ2n) is 5.57. The SMILES string of the molecule is CCNc1cc(NC2CCS(=O)CC2)nc(C2CC2)n1. The van der Waals surface area contributed by atoms with Crippen LogP contribution in [0.1, 0.15) is 44.3 Å². The van der Waals surface area contributed by atoms with Gasteiger partial charge in [-0.05, 0) is 32.6 Å². The molecule has 1 aliphatic heterocycles. The van der Waals surface area contributed by atoms with E-state index in [1.165, 1.54) is 12.8 Å². The fourth-order valence-electron chi connectivity index (χ4n) is 2.48. The summed E-state index contributed by atoms with van der Waals surface area (Å²) in [5, 5.41) is 6.77. The van der Waals surface area contributed by atoms with Crippen molar-refractivity contribution in [2.75, 3.05) is 28.7 Å². The van der Waals surface area contributed by atoms with E-state index in [1.807, 2.05) is 6.07 Å². The first kappa shape index (κ1) is 13.8. The van der Waals surface area contributed by atoms with Gasteiger partial charge in [0.1, 0.15) is 17.5 Å². The molecular formula is C14H22N4OS. The van der Waals surface area contributed by atoms with Gasteiger partial charge in [0.15, 0.2) is 0 Å². The molecule has 1 aromatic rings. The molecule has 1 aliphatic carbocycles. The Morgan fingerprint density at radius 3 is 2.55 bits per heavy atom. The summed E-state index contributed by atoms with van der Waals surface area (Å²) in [5.41, 5.74) is 0. The van der Waals surface area contributed by atoms with Crippen molar-refractivity contribution in [2.24, 2.45) is 0 Å². The molecule has 0 aromatic carbocycles. The second-order valence-corrected chi connectivity index (χ2v) is 7.26. The summed E-state index contributed by atoms with van der Waals surface area (Å²) in [4.78, 5) is 9.23. The summed E-state index contributed by atoms with van der Waals surface area (Å²) in [6.07, 6.45) is 4.34. The highest BCUT2D eigenvalue weighted by molar-refractivity contribution is 7.85. The zero-order valence-electron chi connectivity index (χ0n) is 11.9. The van der Waals surface area contributed by atoms with Crippen molar-refractivity contribution in [1.29, 1.82) is 0 Å². The zero-order valence-corrected chi connectivity index (χ0v) is 12.7. The lowest BCUT2D eigenvalue weighted by molar-refractivity contribution is 0.622. The molecule has 1 saturated carbocycles. The first-order valence-electron chi connectivity index (χ1n) is 7.49. The molecule has 2 fully saturated rings. The van der Waals surface area contributed by atoms with E-state index in [0.29, 0.717) is 12.0 Å². The molecule has 1 saturated heterocycles. The smallest absolute Gasteiger partial charge is 0.136 e. The zero-order chi connectivity index (χ0) is 13.9. The summed E-state index contributed by atoms with van der Waals surface area (Å²) in [5.74, 6) is 4.94. The lowest BCUT2D eigenvalue weighted by atomic mass is 10.1. The predicted molar refractivity (Wildman–Crippen MR) is 82.7 cm³/mol. The van der Waals surface area contributed by atoms with Crippen LogP contribution in [0.5, 0.6) is 0 Å². The molecule has 6 heteroatoms. The minimum atomic E-state index is -0.613. The lowest BCUT2D eigenvalue weighted by Gasteiger charge is -2.23. The maximum Gasteiger partial charge on any atom is 0.136 e. The van der Waals surface area contributed by atoms with Crippen LogP contribution in [-0.2, 0) is 10.8 Å². The molecular weight excluding hydrogens is 272 g/mol. The summed E-state index contributed by atoms with van der Waals surface area (Å²) in [6.45, 7) is 2.94. The van der Waals surface area contributed by atoms with Gasteiger partial charge in [0, 0.05) is 46.9 Å². The van der Waals surface area contributed by atoms with Gasteiger partial charge < -0.3 is 10.6 Å². The Hall–Kier alpha value is -1.17. The minimum absolute atomic E-state index is 0.393. The van der Waals surface area contributed by atoms with Crippen molar-refractivity contribution in [3.05, 3.63) is 11.9 Å². The molecule has 110 valence electrons. The number of hydrogen-bond acceptors (Lipinski definition) is 5. The first-order chi connectivity index (χ1) is 9.74. The molecule has 0 spiro atoms. The average Bonchev–Trinajstić information content (AvgIpc) is 3.26. The molecule has 0 radical (unpaired) electrons. The van der Waals surface area contributed by atoms with Crippen LogP contribution in [0.4, 0.5) is 11.6 Å². The summed E-state index contributed by atoms with van der Waals surface area (Å²) < 4.78 is 11.4. The van der Waals surface area contributed by atoms with Crippen molar-refractivity contribution in [3.8, 4) is 0 Å². The lowest BCUT2D eigenvalue weighted by Crippen LogP contribution is -2.29. The molecule has 0 amide bonds. The molecule has 5 nitrogen and oxygen atoms in total. The number of aromatic nitrogens is 2. The number of nitrogens with zero attached hydrogens (tertiary/aromatic N) is 2. The highest BCUT2D eigenvalue weighted by Gasteiger charge is 2.27. The molecule has 0 unspecified atom stereocenters. The monoisotopic (exact) mass is 294 g/mol. The van der Waals surface area contributed by atoms with E-state index in [-0.39, 0.29) is 0 Å². The number of anilines is 2. The topological polar surface area (TPSA) is 66.9 Å². The largest absolute Gasteiger partial charge is 0.370 e. The van der Waals surface area contributed by atoms with E-state index in [9.17, 15) is 4.21 Å². The van der Waals surface area contributed by atoms with Gasteiger partial charge in [0.25, 0.3) is 0 Å². The van der Waals surface area contributed by atoms with Crippen molar-refractivity contribution >= 4 is 22.4 Å². The highest BCUT2D eigenvalue weighted by atomic mass is 32.2. The van der Waals surface area contributed by atoms with E-state index in [0.717, 1.165) is 48.4 Å². The van der Waals surface area contributed by atoms with Crippen molar-refractivity contribution < 1.29 is 4.21 Å². The molecule has 1 aromatic heterocycles. The van der Waals surface area contributed by atoms with E-state index in [1.54, 1.807) is 0 Å². The van der Waals surface area contributed by atoms with Gasteiger partial charge in [-0.2, -0.15) is 0 Å². The van der Waals surface area contributed by atoms with Crippen LogP contribution in [-0.4, -0.2) is 38.3 Å². The Kier molecular flexibility index (Phi) is 4.19. The van der Waals surface area contributed by atoms with Gasteiger partial charge in [-0.25, -0.2) is 9.97 Å². The molecule has 2 N–H and O–H groups in total. The van der Waals surface area contributed by atoms with Crippen molar-refractivity contribution in [1.82, 2.24) is 9.97 Å². The van der Waals surface area contributed by atoms with Crippen molar-refractivity contribution in [3.63, 3.8) is 0 Å². The van der Waals surface area contributed by atoms with Gasteiger partial charge >= 0.3 is 0 Å². The van der Waals surface area contributed by atoms with E-state index in [4.69, 9.17) is 0 Å². The second kappa shape index (κ2) is 6.08. The number of nitrogens with one attached hydrogen (secondary N) is 2. The fourth-order valence-corrected chi connectivity index (χ4v) is 3.78. The molecule has 0 bridgehead atoms. The van der Waals surface area contributed by atoms with Crippen LogP contribution in [0.3, 0.4) is 0 Å². The maximum absolute atomic E-state index is 11.4. The normalized spacial score (nSPS) is 26.2. The van der Waals surface area contributed by atoms with Crippen molar-refractivity contribution in [2.45, 2.75) is 44.6 Å². The third kappa shape index (κ3) is 3.48. The predicted octanol–water partition coefficient (Wildman–Crippen LogP) is 2.11. The fraction of sp³-hybridized carbons (Fsp3) is 0.714. The van der Waals surface area contributed by atoms with Gasteiger partial charge in [0.2, 0.25) is 0 Å². The Morgan fingerprint density at radius 2 is 1.90 bits per heavy atom. The Labute approximate surface area is 122 Å². The number of hydrogen-bond donors (Lipinski definition) is 2. The van der Waals surface area contributed by atoms with Crippen LogP contribution >= 0.6 is 0 Å². The summed E-state index contributed by atoms with van der Waals surface area (Å²) >= 11 is 0. The van der Waals surface area contributed by atoms with Gasteiger partial charge in [-0.3, -0.25) is 4.21 Å². The van der Waals surface area contributed by atoms with Crippen LogP contribution in [0, 0.1) is 0 Å². The summed E-state index contributed by atoms with van der Waals surface area (Å²) in [7, 11) is -0.613. The van der Waals surface area contributed by atoms with Crippen LogP contribution < -0.4 is 10.6 Å². The van der Waals surface area contributed by atoms with Crippen LogP contribution in [0.15, 0.2) is 6.07 Å². The third-order valence-corrected chi connectivity index (χ3v) is 5.17. The third-order valence-electron chi connectivity index (χ3n) is 3.78. The Balaban J connectivity index is 1.72. The first-order valence-corrected chi connectivity index (χ1v) is 8.97. The average molecular weight is 294 g/mol. The van der Waals surface area contributed by atoms with Gasteiger partial charge in [-0.15, -0.1) is 0 Å². The van der Waals surface area contributed by atoms with Crippen LogP contribution in [0.2, 0.25) is 0 Å². The maximum atomic E-state index is 11.4. The van der Waals surface area contributed by atoms with E-state index < -0.39 is 10.8 Å². The van der Waals surface area contributed by atoms with Crippen LogP contribution in [0.25, 0.3) is 0 Å². The van der Waals surface area contributed by atoms with E-state index in [2.05, 4.69) is 27.5 Å². The molecule has 20 heavy (non-hydrogen) atoms. The highest BCUT2D eigenvalue weighted by Crippen LogP contribution is 2.38. The summed E-state index contributed by atoms with van der Waals surface area (Å²) in [6, 6.07) is 2.38. The van der Waals surface area contributed by atoms with Gasteiger partial charge in [-0.1, -0.05) is 0 Å². The van der Waals surface area contributed by atoms with E-state index >= 15 is 0 Å². The minimum Gasteiger partial charge on any atom is -0.370 e. The molecule has 2 heterocycles. The Morgan fingerprint density at radius 1 is 1.20 bits per heavy atom.